The molecule has 1 aromatic heterocycles. The van der Waals surface area contributed by atoms with Gasteiger partial charge in [-0.05, 0) is 31.6 Å². The van der Waals surface area contributed by atoms with Crippen molar-refractivity contribution in [3.63, 3.8) is 0 Å². The summed E-state index contributed by atoms with van der Waals surface area (Å²) < 4.78 is 10.5. The molecule has 3 N–H and O–H groups in total. The largest absolute Gasteiger partial charge is 0.396 e. The Balaban J connectivity index is 1.56. The molecule has 2 aliphatic rings. The van der Waals surface area contributed by atoms with Gasteiger partial charge in [0.15, 0.2) is 5.76 Å². The van der Waals surface area contributed by atoms with E-state index in [2.05, 4.69) is 10.5 Å². The summed E-state index contributed by atoms with van der Waals surface area (Å²) in [6.07, 6.45) is 5.14. The molecule has 0 unspecified atom stereocenters. The van der Waals surface area contributed by atoms with E-state index in [0.717, 1.165) is 37.8 Å². The molecule has 1 saturated heterocycles. The van der Waals surface area contributed by atoms with Crippen molar-refractivity contribution in [1.82, 2.24) is 10.5 Å². The fourth-order valence-corrected chi connectivity index (χ4v) is 3.37. The highest BCUT2D eigenvalue weighted by Crippen LogP contribution is 2.29. The van der Waals surface area contributed by atoms with Gasteiger partial charge >= 0.3 is 0 Å². The van der Waals surface area contributed by atoms with Crippen LogP contribution in [-0.2, 0) is 17.8 Å². The van der Waals surface area contributed by atoms with E-state index in [1.54, 1.807) is 0 Å². The minimum Gasteiger partial charge on any atom is -0.396 e. The highest BCUT2D eigenvalue weighted by atomic mass is 16.5. The van der Waals surface area contributed by atoms with E-state index in [-0.39, 0.29) is 12.1 Å². The SMILES string of the molecule is OCc1cc(CC2(NC3CCC(CO)CC3)COC2)no1. The number of aliphatic hydroxyl groups excluding tert-OH is 2. The number of aliphatic hydroxyl groups is 2. The fraction of sp³-hybridized carbons (Fsp3) is 0.800. The first-order chi connectivity index (χ1) is 10.2. The molecular weight excluding hydrogens is 272 g/mol. The van der Waals surface area contributed by atoms with Crippen molar-refractivity contribution in [3.8, 4) is 0 Å². The molecule has 6 heteroatoms. The summed E-state index contributed by atoms with van der Waals surface area (Å²) in [4.78, 5) is 0. The summed E-state index contributed by atoms with van der Waals surface area (Å²) in [6.45, 7) is 1.57. The zero-order chi connectivity index (χ0) is 14.7. The van der Waals surface area contributed by atoms with Crippen LogP contribution in [-0.4, -0.2) is 46.8 Å². The highest BCUT2D eigenvalue weighted by Gasteiger charge is 2.41. The molecule has 1 aliphatic heterocycles. The molecule has 1 saturated carbocycles. The van der Waals surface area contributed by atoms with E-state index in [4.69, 9.17) is 14.4 Å². The smallest absolute Gasteiger partial charge is 0.162 e. The van der Waals surface area contributed by atoms with Crippen LogP contribution in [0.5, 0.6) is 0 Å². The highest BCUT2D eigenvalue weighted by molar-refractivity contribution is 5.12. The number of ether oxygens (including phenoxy) is 1. The molecule has 1 aromatic rings. The van der Waals surface area contributed by atoms with Gasteiger partial charge in [0.1, 0.15) is 6.61 Å². The van der Waals surface area contributed by atoms with Crippen LogP contribution in [0, 0.1) is 5.92 Å². The van der Waals surface area contributed by atoms with Crippen LogP contribution in [0.4, 0.5) is 0 Å². The van der Waals surface area contributed by atoms with Gasteiger partial charge in [-0.3, -0.25) is 0 Å². The Labute approximate surface area is 124 Å². The number of nitrogens with zero attached hydrogens (tertiary/aromatic N) is 1. The predicted octanol–water partition coefficient (Wildman–Crippen LogP) is 0.619. The summed E-state index contributed by atoms with van der Waals surface area (Å²) >= 11 is 0. The van der Waals surface area contributed by atoms with Gasteiger partial charge in [-0.15, -0.1) is 0 Å². The Morgan fingerprint density at radius 1 is 1.24 bits per heavy atom. The van der Waals surface area contributed by atoms with Crippen molar-refractivity contribution < 1.29 is 19.5 Å². The zero-order valence-electron chi connectivity index (χ0n) is 12.3. The van der Waals surface area contributed by atoms with Crippen LogP contribution in [0.1, 0.15) is 37.1 Å². The van der Waals surface area contributed by atoms with E-state index in [9.17, 15) is 5.11 Å². The van der Waals surface area contributed by atoms with Crippen molar-refractivity contribution >= 4 is 0 Å². The summed E-state index contributed by atoms with van der Waals surface area (Å²) in [5, 5.41) is 26.0. The van der Waals surface area contributed by atoms with Crippen LogP contribution >= 0.6 is 0 Å². The maximum absolute atomic E-state index is 9.21. The third-order valence-electron chi connectivity index (χ3n) is 4.66. The first kappa shape index (κ1) is 15.0. The second-order valence-corrected chi connectivity index (χ2v) is 6.44. The molecule has 2 fully saturated rings. The molecule has 0 bridgehead atoms. The standard InChI is InChI=1S/C15H24N2O4/c18-7-11-1-3-12(4-2-11)16-15(9-20-10-15)6-13-5-14(8-19)21-17-13/h5,11-12,16,18-19H,1-4,6-10H2. The Bertz CT molecular complexity index is 450. The molecule has 0 atom stereocenters. The quantitative estimate of drug-likeness (QED) is 0.713. The lowest BCUT2D eigenvalue weighted by Gasteiger charge is -2.45. The van der Waals surface area contributed by atoms with Crippen molar-refractivity contribution in [2.75, 3.05) is 19.8 Å². The third kappa shape index (κ3) is 3.45. The summed E-state index contributed by atoms with van der Waals surface area (Å²) in [5.41, 5.74) is 0.805. The maximum atomic E-state index is 9.21. The minimum absolute atomic E-state index is 0.0552. The lowest BCUT2D eigenvalue weighted by Crippen LogP contribution is -2.64. The second-order valence-electron chi connectivity index (χ2n) is 6.44. The number of nitrogens with one attached hydrogen (secondary N) is 1. The Morgan fingerprint density at radius 2 is 2.00 bits per heavy atom. The van der Waals surface area contributed by atoms with Crippen LogP contribution in [0.3, 0.4) is 0 Å². The topological polar surface area (TPSA) is 87.8 Å². The lowest BCUT2D eigenvalue weighted by atomic mass is 9.83. The van der Waals surface area contributed by atoms with Gasteiger partial charge in [-0.2, -0.15) is 0 Å². The number of aromatic nitrogens is 1. The summed E-state index contributed by atoms with van der Waals surface area (Å²) in [7, 11) is 0. The first-order valence-electron chi connectivity index (χ1n) is 7.75. The van der Waals surface area contributed by atoms with E-state index in [0.29, 0.717) is 37.5 Å². The van der Waals surface area contributed by atoms with Crippen LogP contribution in [0.2, 0.25) is 0 Å². The number of hydrogen-bond donors (Lipinski definition) is 3. The van der Waals surface area contributed by atoms with Crippen molar-refractivity contribution in [1.29, 1.82) is 0 Å². The monoisotopic (exact) mass is 296 g/mol. The van der Waals surface area contributed by atoms with Crippen LogP contribution in [0.15, 0.2) is 10.6 Å². The second kappa shape index (κ2) is 6.44. The molecule has 1 aliphatic carbocycles. The molecule has 2 heterocycles. The molecular formula is C15H24N2O4. The van der Waals surface area contributed by atoms with Gasteiger partial charge in [0.05, 0.1) is 24.4 Å². The van der Waals surface area contributed by atoms with E-state index >= 15 is 0 Å². The first-order valence-corrected chi connectivity index (χ1v) is 7.75. The van der Waals surface area contributed by atoms with E-state index < -0.39 is 0 Å². The van der Waals surface area contributed by atoms with Crippen molar-refractivity contribution in [3.05, 3.63) is 17.5 Å². The van der Waals surface area contributed by atoms with E-state index in [1.165, 1.54) is 0 Å². The predicted molar refractivity (Wildman–Crippen MR) is 75.6 cm³/mol. The van der Waals surface area contributed by atoms with Gasteiger partial charge < -0.3 is 24.8 Å². The molecule has 118 valence electrons. The van der Waals surface area contributed by atoms with Gasteiger partial charge in [0, 0.05) is 25.1 Å². The van der Waals surface area contributed by atoms with Gasteiger partial charge in [-0.1, -0.05) is 5.16 Å². The fourth-order valence-electron chi connectivity index (χ4n) is 3.37. The molecule has 6 nitrogen and oxygen atoms in total. The minimum atomic E-state index is -0.116. The van der Waals surface area contributed by atoms with Gasteiger partial charge in [0.2, 0.25) is 0 Å². The number of hydrogen-bond acceptors (Lipinski definition) is 6. The van der Waals surface area contributed by atoms with Crippen LogP contribution in [0.25, 0.3) is 0 Å². The Morgan fingerprint density at radius 3 is 2.52 bits per heavy atom. The molecule has 0 radical (unpaired) electrons. The molecule has 3 rings (SSSR count). The zero-order valence-corrected chi connectivity index (χ0v) is 12.3. The molecule has 21 heavy (non-hydrogen) atoms. The molecule has 0 spiro atoms. The van der Waals surface area contributed by atoms with E-state index in [1.807, 2.05) is 6.07 Å². The lowest BCUT2D eigenvalue weighted by molar-refractivity contribution is -0.0823. The van der Waals surface area contributed by atoms with Gasteiger partial charge in [-0.25, -0.2) is 0 Å². The van der Waals surface area contributed by atoms with Crippen molar-refractivity contribution in [2.24, 2.45) is 5.92 Å². The maximum Gasteiger partial charge on any atom is 0.162 e. The summed E-state index contributed by atoms with van der Waals surface area (Å²) in [5.74, 6) is 0.975. The van der Waals surface area contributed by atoms with Crippen LogP contribution < -0.4 is 5.32 Å². The summed E-state index contributed by atoms with van der Waals surface area (Å²) in [6, 6.07) is 2.30. The van der Waals surface area contributed by atoms with Gasteiger partial charge in [0.25, 0.3) is 0 Å². The Hall–Kier alpha value is -0.950. The average Bonchev–Trinajstić information content (AvgIpc) is 2.93. The average molecular weight is 296 g/mol. The Kier molecular flexibility index (Phi) is 4.59. The normalized spacial score (nSPS) is 28.3. The third-order valence-corrected chi connectivity index (χ3v) is 4.66. The van der Waals surface area contributed by atoms with Crippen molar-refractivity contribution in [2.45, 2.75) is 50.3 Å². The number of rotatable bonds is 6. The molecule has 0 amide bonds. The molecule has 0 aromatic carbocycles.